The summed E-state index contributed by atoms with van der Waals surface area (Å²) in [6.07, 6.45) is 12.3. The van der Waals surface area contributed by atoms with Gasteiger partial charge in [-0.25, -0.2) is 19.2 Å². The zero-order valence-electron chi connectivity index (χ0n) is 32.5. The first-order chi connectivity index (χ1) is 27.6. The van der Waals surface area contributed by atoms with Crippen molar-refractivity contribution in [1.29, 1.82) is 0 Å². The molecule has 0 saturated heterocycles. The molecule has 0 radical (unpaired) electrons. The number of hydrogen-bond acceptors (Lipinski definition) is 19. The number of benzene rings is 2. The average molecular weight is 871 g/mol. The van der Waals surface area contributed by atoms with Gasteiger partial charge in [-0.3, -0.25) is 4.79 Å². The molecule has 1 saturated carbocycles. The molecule has 4 aliphatic heterocycles. The molecule has 1 fully saturated rings. The van der Waals surface area contributed by atoms with Crippen molar-refractivity contribution in [2.45, 2.75) is 60.7 Å². The Bertz CT molecular complexity index is 2020. The van der Waals surface area contributed by atoms with Crippen LogP contribution in [0, 0.1) is 0 Å². The summed E-state index contributed by atoms with van der Waals surface area (Å²) in [6, 6.07) is 6.72. The first kappa shape index (κ1) is 42.4. The summed E-state index contributed by atoms with van der Waals surface area (Å²) in [5.41, 5.74) is 24.7. The fourth-order valence-electron chi connectivity index (χ4n) is 8.21. The molecule has 58 heavy (non-hydrogen) atoms. The van der Waals surface area contributed by atoms with E-state index in [0.29, 0.717) is 80.4 Å². The second-order valence-corrected chi connectivity index (χ2v) is 18.8. The maximum Gasteiger partial charge on any atom is 0.360 e. The van der Waals surface area contributed by atoms with Crippen LogP contribution in [0.15, 0.2) is 35.4 Å². The number of thioether (sulfide) groups is 4. The van der Waals surface area contributed by atoms with E-state index in [0.717, 1.165) is 10.5 Å². The predicted molar refractivity (Wildman–Crippen MR) is 228 cm³/mol. The van der Waals surface area contributed by atoms with Crippen LogP contribution in [0.5, 0.6) is 0 Å². The number of rotatable bonds is 14. The van der Waals surface area contributed by atoms with Crippen LogP contribution in [0.1, 0.15) is 71.9 Å². The molecule has 310 valence electrons. The van der Waals surface area contributed by atoms with Crippen LogP contribution in [0.4, 0.5) is 11.4 Å². The van der Waals surface area contributed by atoms with E-state index in [9.17, 15) is 24.0 Å². The van der Waals surface area contributed by atoms with Gasteiger partial charge in [-0.2, -0.15) is 47.0 Å². The number of hydrogen-bond donors (Lipinski definition) is 4. The van der Waals surface area contributed by atoms with Crippen LogP contribution < -0.4 is 33.4 Å². The van der Waals surface area contributed by atoms with E-state index in [2.05, 4.69) is 0 Å². The van der Waals surface area contributed by atoms with Gasteiger partial charge in [0, 0.05) is 22.3 Å². The quantitative estimate of drug-likeness (QED) is 0.199. The molecule has 15 nitrogen and oxygen atoms in total. The van der Waals surface area contributed by atoms with E-state index in [1.807, 2.05) is 25.0 Å². The lowest BCUT2D eigenvalue weighted by Gasteiger charge is -2.38. The molecule has 4 unspecified atom stereocenters. The Kier molecular flexibility index (Phi) is 11.7. The second-order valence-electron chi connectivity index (χ2n) is 14.9. The molecule has 4 atom stereocenters. The zero-order chi connectivity index (χ0) is 41.8. The fourth-order valence-corrected chi connectivity index (χ4v) is 10.3. The molecular formula is C39H46N6O9S4. The summed E-state index contributed by atoms with van der Waals surface area (Å²) in [7, 11) is 0. The lowest BCUT2D eigenvalue weighted by Crippen LogP contribution is -2.53. The number of ketones is 1. The number of nitrogens with two attached hydrogens (primary N) is 4. The van der Waals surface area contributed by atoms with Crippen molar-refractivity contribution in [3.05, 3.63) is 68.8 Å². The van der Waals surface area contributed by atoms with Crippen LogP contribution in [0.2, 0.25) is 0 Å². The first-order valence-electron chi connectivity index (χ1n) is 18.6. The Hall–Kier alpha value is -3.69. The molecule has 2 aromatic carbocycles. The zero-order valence-corrected chi connectivity index (χ0v) is 35.8. The molecular weight excluding hydrogens is 825 g/mol. The number of nitrogens with zero attached hydrogens (tertiary/aromatic N) is 2. The third kappa shape index (κ3) is 6.71. The average Bonchev–Trinajstić information content (AvgIpc) is 3.51. The third-order valence-corrected chi connectivity index (χ3v) is 13.9. The highest BCUT2D eigenvalue weighted by Gasteiger charge is 2.58. The van der Waals surface area contributed by atoms with Crippen LogP contribution in [-0.4, -0.2) is 77.7 Å². The summed E-state index contributed by atoms with van der Waals surface area (Å²) in [5.74, 6) is -1.58. The minimum absolute atomic E-state index is 0.144. The minimum Gasteiger partial charge on any atom is -0.312 e. The van der Waals surface area contributed by atoms with Crippen molar-refractivity contribution in [3.8, 4) is 0 Å². The summed E-state index contributed by atoms with van der Waals surface area (Å²) < 4.78 is 0. The monoisotopic (exact) mass is 870 g/mol. The Labute approximate surface area is 352 Å². The lowest BCUT2D eigenvalue weighted by molar-refractivity contribution is -0.185. The smallest absolute Gasteiger partial charge is 0.312 e. The van der Waals surface area contributed by atoms with Gasteiger partial charge in [0.05, 0.1) is 0 Å². The lowest BCUT2D eigenvalue weighted by atomic mass is 9.73. The molecule has 0 spiro atoms. The Morgan fingerprint density at radius 3 is 1.10 bits per heavy atom. The SMILES string of the molecule is CSCCC1(N)C(=O)ON2OC(=O)C(N)(CCSC)c3c2ccc(/C=C2\CC/C(=C\c4ccc5c6c4C(N)(CCSC)C(=O)ON5OC(=O)C6(N)CCSC)C2=O)c31. The molecule has 7 rings (SSSR count). The van der Waals surface area contributed by atoms with Crippen molar-refractivity contribution in [2.24, 2.45) is 22.9 Å². The van der Waals surface area contributed by atoms with Crippen molar-refractivity contribution in [3.63, 3.8) is 0 Å². The minimum atomic E-state index is -1.76. The number of carbonyl (C=O) groups excluding carboxylic acids is 5. The topological polar surface area (TPSA) is 233 Å². The van der Waals surface area contributed by atoms with Crippen LogP contribution in [0.25, 0.3) is 12.2 Å². The summed E-state index contributed by atoms with van der Waals surface area (Å²) in [5, 5.41) is 1.57. The summed E-state index contributed by atoms with van der Waals surface area (Å²) in [4.78, 5) is 91.6. The van der Waals surface area contributed by atoms with Gasteiger partial charge in [-0.1, -0.05) is 12.1 Å². The molecule has 5 aliphatic rings. The largest absolute Gasteiger partial charge is 0.360 e. The molecule has 0 amide bonds. The standard InChI is InChI=1S/C39H46N6O9S4/c1-55-15-11-36(40)27-21(7-9-25-29(27)38(42,13-17-57-3)34(49)53-44(25)51-32(36)47)19-23-5-6-24(31(23)46)20-22-8-10-26-30-28(22)37(41,12-16-56-2)33(48)52-45(26)54-35(50)39(30,43)14-18-58-4/h7-10,19-20H,5-6,11-18,40-43H2,1-4H3/b23-19+,24-20+. The number of Topliss-reactive ketones (excluding diaryl/α,β-unsaturated/α-hetero) is 1. The molecule has 4 heterocycles. The van der Waals surface area contributed by atoms with E-state index in [-0.39, 0.29) is 42.8 Å². The summed E-state index contributed by atoms with van der Waals surface area (Å²) >= 11 is 5.98. The highest BCUT2D eigenvalue weighted by Crippen LogP contribution is 2.51. The van der Waals surface area contributed by atoms with Crippen molar-refractivity contribution >= 4 is 100 Å². The van der Waals surface area contributed by atoms with Gasteiger partial charge in [0.2, 0.25) is 0 Å². The Balaban J connectivity index is 1.38. The first-order valence-corrected chi connectivity index (χ1v) is 24.1. The normalized spacial score (nSPS) is 28.7. The molecule has 2 aromatic rings. The maximum atomic E-state index is 14.5. The van der Waals surface area contributed by atoms with Gasteiger partial charge in [0.25, 0.3) is 0 Å². The van der Waals surface area contributed by atoms with Crippen molar-refractivity contribution < 1.29 is 43.3 Å². The highest BCUT2D eigenvalue weighted by atomic mass is 32.2. The molecule has 8 N–H and O–H groups in total. The van der Waals surface area contributed by atoms with E-state index in [1.54, 1.807) is 36.4 Å². The van der Waals surface area contributed by atoms with Gasteiger partial charge in [-0.05, 0) is 144 Å². The number of allylic oxidation sites excluding steroid dienone is 2. The van der Waals surface area contributed by atoms with Crippen LogP contribution in [0.3, 0.4) is 0 Å². The van der Waals surface area contributed by atoms with Crippen LogP contribution >= 0.6 is 47.0 Å². The van der Waals surface area contributed by atoms with Gasteiger partial charge >= 0.3 is 23.9 Å². The highest BCUT2D eigenvalue weighted by molar-refractivity contribution is 7.99. The van der Waals surface area contributed by atoms with Gasteiger partial charge in [0.1, 0.15) is 33.5 Å². The molecule has 1 aliphatic carbocycles. The molecule has 0 aromatic heterocycles. The van der Waals surface area contributed by atoms with E-state index >= 15 is 0 Å². The van der Waals surface area contributed by atoms with Gasteiger partial charge < -0.3 is 42.3 Å². The van der Waals surface area contributed by atoms with Crippen LogP contribution in [-0.2, 0) is 65.5 Å². The molecule has 19 heteroatoms. The number of carbonyl (C=O) groups is 5. The Morgan fingerprint density at radius 1 is 0.517 bits per heavy atom. The van der Waals surface area contributed by atoms with E-state index in [1.165, 1.54) is 47.0 Å². The summed E-state index contributed by atoms with van der Waals surface area (Å²) in [6.45, 7) is 0. The van der Waals surface area contributed by atoms with Gasteiger partial charge in [-0.15, -0.1) is 0 Å². The third-order valence-electron chi connectivity index (χ3n) is 11.4. The maximum absolute atomic E-state index is 14.5. The van der Waals surface area contributed by atoms with Crippen molar-refractivity contribution in [1.82, 2.24) is 0 Å². The fraction of sp³-hybridized carbons (Fsp3) is 0.462. The van der Waals surface area contributed by atoms with Gasteiger partial charge in [0.15, 0.2) is 5.78 Å². The molecule has 8 bridgehead atoms. The predicted octanol–water partition coefficient (Wildman–Crippen LogP) is 3.64. The van der Waals surface area contributed by atoms with E-state index in [4.69, 9.17) is 42.3 Å². The second kappa shape index (κ2) is 16.1. The Morgan fingerprint density at radius 2 is 0.810 bits per heavy atom. The van der Waals surface area contributed by atoms with E-state index < -0.39 is 46.0 Å². The van der Waals surface area contributed by atoms with Crippen molar-refractivity contribution in [2.75, 3.05) is 58.5 Å². The number of anilines is 2.